The topological polar surface area (TPSA) is 29.9 Å². The average molecular weight is 410 g/mol. The van der Waals surface area contributed by atoms with Gasteiger partial charge < -0.3 is 5.32 Å². The van der Waals surface area contributed by atoms with Crippen LogP contribution in [0.4, 0.5) is 11.6 Å². The van der Waals surface area contributed by atoms with Crippen LogP contribution in [-0.4, -0.2) is 9.55 Å². The van der Waals surface area contributed by atoms with Crippen LogP contribution in [-0.2, 0) is 0 Å². The summed E-state index contributed by atoms with van der Waals surface area (Å²) in [6, 6.07) is 16.0. The van der Waals surface area contributed by atoms with Crippen molar-refractivity contribution in [3.8, 4) is 5.69 Å². The summed E-state index contributed by atoms with van der Waals surface area (Å²) in [7, 11) is 0. The lowest BCUT2D eigenvalue weighted by Gasteiger charge is -2.11. The predicted octanol–water partition coefficient (Wildman–Crippen LogP) is 5.18. The number of rotatable bonds is 3. The number of aryl methyl sites for hydroxylation is 1. The highest BCUT2D eigenvalue weighted by molar-refractivity contribution is 14.1. The number of hydrogen-bond acceptors (Lipinski definition) is 2. The van der Waals surface area contributed by atoms with E-state index < -0.39 is 0 Å². The summed E-state index contributed by atoms with van der Waals surface area (Å²) in [4.78, 5) is 4.54. The van der Waals surface area contributed by atoms with Gasteiger partial charge in [0.05, 0.1) is 16.4 Å². The molecule has 0 bridgehead atoms. The van der Waals surface area contributed by atoms with E-state index in [-0.39, 0.29) is 0 Å². The van der Waals surface area contributed by atoms with Crippen LogP contribution in [0.2, 0.25) is 5.02 Å². The summed E-state index contributed by atoms with van der Waals surface area (Å²) >= 11 is 8.52. The predicted molar refractivity (Wildman–Crippen MR) is 95.8 cm³/mol. The Morgan fingerprint density at radius 2 is 1.90 bits per heavy atom. The fourth-order valence-electron chi connectivity index (χ4n) is 2.08. The molecule has 21 heavy (non-hydrogen) atoms. The zero-order valence-electron chi connectivity index (χ0n) is 11.3. The Kier molecular flexibility index (Phi) is 4.17. The standard InChI is InChI=1S/C16H13ClIN3/c1-11-10-21(13-5-3-2-4-6-13)16(19-11)20-15-8-7-12(18)9-14(15)17/h2-10H,1H3,(H,19,20). The van der Waals surface area contributed by atoms with Crippen LogP contribution in [0.5, 0.6) is 0 Å². The minimum Gasteiger partial charge on any atom is -0.324 e. The van der Waals surface area contributed by atoms with Crippen LogP contribution in [0.25, 0.3) is 5.69 Å². The van der Waals surface area contributed by atoms with Gasteiger partial charge in [0.15, 0.2) is 0 Å². The second kappa shape index (κ2) is 6.07. The highest BCUT2D eigenvalue weighted by atomic mass is 127. The van der Waals surface area contributed by atoms with Crippen molar-refractivity contribution in [2.75, 3.05) is 5.32 Å². The molecule has 3 rings (SSSR count). The Morgan fingerprint density at radius 3 is 2.62 bits per heavy atom. The Morgan fingerprint density at radius 1 is 1.14 bits per heavy atom. The van der Waals surface area contributed by atoms with Crippen LogP contribution in [0, 0.1) is 10.5 Å². The third kappa shape index (κ3) is 3.22. The molecule has 0 fully saturated rings. The van der Waals surface area contributed by atoms with Gasteiger partial charge in [0.25, 0.3) is 0 Å². The van der Waals surface area contributed by atoms with Crippen molar-refractivity contribution in [2.24, 2.45) is 0 Å². The van der Waals surface area contributed by atoms with Gasteiger partial charge >= 0.3 is 0 Å². The summed E-state index contributed by atoms with van der Waals surface area (Å²) in [6.45, 7) is 1.97. The summed E-state index contributed by atoms with van der Waals surface area (Å²) in [5.74, 6) is 0.752. The van der Waals surface area contributed by atoms with Gasteiger partial charge in [-0.2, -0.15) is 0 Å². The van der Waals surface area contributed by atoms with Crippen molar-refractivity contribution in [1.82, 2.24) is 9.55 Å². The molecule has 0 radical (unpaired) electrons. The fourth-order valence-corrected chi connectivity index (χ4v) is 2.99. The number of imidazole rings is 1. The molecule has 0 aliphatic heterocycles. The Hall–Kier alpha value is -1.53. The van der Waals surface area contributed by atoms with E-state index in [1.807, 2.05) is 66.2 Å². The molecule has 0 aliphatic rings. The fraction of sp³-hybridized carbons (Fsp3) is 0.0625. The highest BCUT2D eigenvalue weighted by Gasteiger charge is 2.09. The minimum atomic E-state index is 0.683. The van der Waals surface area contributed by atoms with E-state index in [9.17, 15) is 0 Å². The molecule has 0 aliphatic carbocycles. The molecule has 3 nitrogen and oxygen atoms in total. The molecule has 2 aromatic carbocycles. The lowest BCUT2D eigenvalue weighted by Crippen LogP contribution is -2.01. The third-order valence-corrected chi connectivity index (χ3v) is 4.02. The van der Waals surface area contributed by atoms with Crippen LogP contribution in [0.15, 0.2) is 54.7 Å². The lowest BCUT2D eigenvalue weighted by molar-refractivity contribution is 1.06. The number of anilines is 2. The SMILES string of the molecule is Cc1cn(-c2ccccc2)c(Nc2ccc(I)cc2Cl)n1. The van der Waals surface area contributed by atoms with E-state index in [0.717, 1.165) is 26.6 Å². The van der Waals surface area contributed by atoms with Gasteiger partial charge in [-0.1, -0.05) is 29.8 Å². The first-order valence-electron chi connectivity index (χ1n) is 6.47. The second-order valence-electron chi connectivity index (χ2n) is 4.66. The number of aromatic nitrogens is 2. The Labute approximate surface area is 142 Å². The van der Waals surface area contributed by atoms with Crippen molar-refractivity contribution in [1.29, 1.82) is 0 Å². The van der Waals surface area contributed by atoms with Crippen LogP contribution in [0.1, 0.15) is 5.69 Å². The zero-order chi connectivity index (χ0) is 14.8. The maximum Gasteiger partial charge on any atom is 0.212 e. The van der Waals surface area contributed by atoms with E-state index in [2.05, 4.69) is 32.9 Å². The van der Waals surface area contributed by atoms with Gasteiger partial charge in [0.2, 0.25) is 5.95 Å². The maximum atomic E-state index is 6.28. The quantitative estimate of drug-likeness (QED) is 0.604. The van der Waals surface area contributed by atoms with Gasteiger partial charge in [-0.05, 0) is 59.8 Å². The average Bonchev–Trinajstić information content (AvgIpc) is 2.84. The molecule has 0 amide bonds. The number of nitrogens with zero attached hydrogens (tertiary/aromatic N) is 2. The smallest absolute Gasteiger partial charge is 0.212 e. The molecule has 0 unspecified atom stereocenters. The molecule has 3 aromatic rings. The minimum absolute atomic E-state index is 0.683. The van der Waals surface area contributed by atoms with Gasteiger partial charge in [0, 0.05) is 15.5 Å². The maximum absolute atomic E-state index is 6.28. The van der Waals surface area contributed by atoms with E-state index in [0.29, 0.717) is 5.02 Å². The molecule has 106 valence electrons. The van der Waals surface area contributed by atoms with Gasteiger partial charge in [-0.25, -0.2) is 4.98 Å². The highest BCUT2D eigenvalue weighted by Crippen LogP contribution is 2.28. The van der Waals surface area contributed by atoms with E-state index >= 15 is 0 Å². The molecular formula is C16H13ClIN3. The molecule has 0 spiro atoms. The van der Waals surface area contributed by atoms with Crippen molar-refractivity contribution < 1.29 is 0 Å². The molecule has 0 atom stereocenters. The monoisotopic (exact) mass is 409 g/mol. The number of halogens is 2. The number of nitrogens with one attached hydrogen (secondary N) is 1. The number of benzene rings is 2. The van der Waals surface area contributed by atoms with Crippen LogP contribution < -0.4 is 5.32 Å². The first-order chi connectivity index (χ1) is 10.1. The van der Waals surface area contributed by atoms with Crippen LogP contribution >= 0.6 is 34.2 Å². The first kappa shape index (κ1) is 14.4. The number of para-hydroxylation sites is 1. The van der Waals surface area contributed by atoms with Crippen molar-refractivity contribution in [2.45, 2.75) is 6.92 Å². The van der Waals surface area contributed by atoms with E-state index in [4.69, 9.17) is 11.6 Å². The van der Waals surface area contributed by atoms with Crippen molar-refractivity contribution >= 4 is 45.8 Å². The summed E-state index contributed by atoms with van der Waals surface area (Å²) in [5, 5.41) is 3.99. The number of hydrogen-bond donors (Lipinski definition) is 1. The van der Waals surface area contributed by atoms with Crippen LogP contribution in [0.3, 0.4) is 0 Å². The second-order valence-corrected chi connectivity index (χ2v) is 6.31. The molecule has 1 N–H and O–H groups in total. The Balaban J connectivity index is 2.00. The van der Waals surface area contributed by atoms with Crippen molar-refractivity contribution in [3.63, 3.8) is 0 Å². The van der Waals surface area contributed by atoms with Gasteiger partial charge in [0.1, 0.15) is 0 Å². The van der Waals surface area contributed by atoms with E-state index in [1.165, 1.54) is 0 Å². The van der Waals surface area contributed by atoms with Gasteiger partial charge in [-0.3, -0.25) is 4.57 Å². The molecular weight excluding hydrogens is 397 g/mol. The summed E-state index contributed by atoms with van der Waals surface area (Å²) in [6.07, 6.45) is 2.00. The molecule has 1 heterocycles. The normalized spacial score (nSPS) is 10.6. The molecule has 0 saturated heterocycles. The Bertz CT molecular complexity index is 768. The summed E-state index contributed by atoms with van der Waals surface area (Å²) < 4.78 is 3.12. The molecule has 1 aromatic heterocycles. The molecule has 5 heteroatoms. The molecule has 0 saturated carbocycles. The first-order valence-corrected chi connectivity index (χ1v) is 7.92. The lowest BCUT2D eigenvalue weighted by atomic mass is 10.3. The zero-order valence-corrected chi connectivity index (χ0v) is 14.3. The van der Waals surface area contributed by atoms with Gasteiger partial charge in [-0.15, -0.1) is 0 Å². The largest absolute Gasteiger partial charge is 0.324 e. The summed E-state index contributed by atoms with van der Waals surface area (Å²) in [5.41, 5.74) is 2.85. The van der Waals surface area contributed by atoms with Crippen molar-refractivity contribution in [3.05, 3.63) is 69.0 Å². The van der Waals surface area contributed by atoms with E-state index in [1.54, 1.807) is 0 Å². The third-order valence-electron chi connectivity index (χ3n) is 3.04.